The lowest BCUT2D eigenvalue weighted by molar-refractivity contribution is 0.0965. The summed E-state index contributed by atoms with van der Waals surface area (Å²) in [4.78, 5) is 7.95. The third-order valence-electron chi connectivity index (χ3n) is 2.78. The Hall–Kier alpha value is -1.32. The van der Waals surface area contributed by atoms with E-state index in [2.05, 4.69) is 43.1 Å². The van der Waals surface area contributed by atoms with Crippen LogP contribution in [-0.4, -0.2) is 11.6 Å². The van der Waals surface area contributed by atoms with E-state index in [0.717, 1.165) is 5.52 Å². The summed E-state index contributed by atoms with van der Waals surface area (Å²) in [6.07, 6.45) is 1.95. The van der Waals surface area contributed by atoms with Crippen LogP contribution in [0.1, 0.15) is 19.4 Å². The first kappa shape index (κ1) is 10.2. The maximum atomic E-state index is 5.14. The van der Waals surface area contributed by atoms with E-state index in [9.17, 15) is 0 Å². The standard InChI is InChI=1S/C12H16N2O/c1-12(2,8-15-13)10-4-3-9-5-6-14-11(9)7-10/h3-7,14H,8,13H2,1-2H3. The minimum Gasteiger partial charge on any atom is -0.361 e. The first-order valence-corrected chi connectivity index (χ1v) is 5.03. The van der Waals surface area contributed by atoms with Gasteiger partial charge in [0.1, 0.15) is 0 Å². The van der Waals surface area contributed by atoms with Crippen molar-refractivity contribution in [1.29, 1.82) is 0 Å². The van der Waals surface area contributed by atoms with E-state index in [0.29, 0.717) is 6.61 Å². The molecule has 0 unspecified atom stereocenters. The Labute approximate surface area is 89.2 Å². The van der Waals surface area contributed by atoms with Crippen LogP contribution in [0, 0.1) is 0 Å². The molecule has 0 aliphatic heterocycles. The van der Waals surface area contributed by atoms with E-state index in [1.807, 2.05) is 6.20 Å². The van der Waals surface area contributed by atoms with Gasteiger partial charge in [-0.1, -0.05) is 26.0 Å². The number of rotatable bonds is 3. The second kappa shape index (κ2) is 3.68. The molecular weight excluding hydrogens is 188 g/mol. The molecule has 1 aromatic carbocycles. The third-order valence-corrected chi connectivity index (χ3v) is 2.78. The quantitative estimate of drug-likeness (QED) is 0.754. The highest BCUT2D eigenvalue weighted by molar-refractivity contribution is 5.80. The van der Waals surface area contributed by atoms with Crippen molar-refractivity contribution < 1.29 is 4.84 Å². The molecule has 2 aromatic rings. The number of nitrogens with one attached hydrogen (secondary N) is 1. The molecule has 0 saturated carbocycles. The van der Waals surface area contributed by atoms with Crippen molar-refractivity contribution in [3.8, 4) is 0 Å². The topological polar surface area (TPSA) is 51.0 Å². The van der Waals surface area contributed by atoms with Gasteiger partial charge in [-0.25, -0.2) is 5.90 Å². The zero-order valence-electron chi connectivity index (χ0n) is 9.08. The largest absolute Gasteiger partial charge is 0.361 e. The molecule has 2 rings (SSSR count). The number of aromatic amines is 1. The van der Waals surface area contributed by atoms with E-state index < -0.39 is 0 Å². The summed E-state index contributed by atoms with van der Waals surface area (Å²) in [5.74, 6) is 5.14. The number of fused-ring (bicyclic) bond motifs is 1. The van der Waals surface area contributed by atoms with Crippen molar-refractivity contribution in [1.82, 2.24) is 4.98 Å². The van der Waals surface area contributed by atoms with Crippen LogP contribution in [0.5, 0.6) is 0 Å². The van der Waals surface area contributed by atoms with Gasteiger partial charge >= 0.3 is 0 Å². The summed E-state index contributed by atoms with van der Waals surface area (Å²) < 4.78 is 0. The molecule has 15 heavy (non-hydrogen) atoms. The Morgan fingerprint density at radius 3 is 2.87 bits per heavy atom. The average Bonchev–Trinajstić information content (AvgIpc) is 2.63. The van der Waals surface area contributed by atoms with Crippen LogP contribution in [0.4, 0.5) is 0 Å². The normalized spacial score (nSPS) is 12.2. The fourth-order valence-corrected chi connectivity index (χ4v) is 1.76. The molecule has 3 N–H and O–H groups in total. The molecule has 0 radical (unpaired) electrons. The van der Waals surface area contributed by atoms with E-state index in [-0.39, 0.29) is 5.41 Å². The zero-order chi connectivity index (χ0) is 10.9. The fraction of sp³-hybridized carbons (Fsp3) is 0.333. The second-order valence-corrected chi connectivity index (χ2v) is 4.47. The lowest BCUT2D eigenvalue weighted by Crippen LogP contribution is -2.26. The molecule has 0 aliphatic carbocycles. The van der Waals surface area contributed by atoms with Gasteiger partial charge in [-0.3, -0.25) is 0 Å². The number of nitrogens with two attached hydrogens (primary N) is 1. The van der Waals surface area contributed by atoms with Gasteiger partial charge < -0.3 is 9.82 Å². The van der Waals surface area contributed by atoms with Crippen LogP contribution in [0.25, 0.3) is 10.9 Å². The highest BCUT2D eigenvalue weighted by atomic mass is 16.6. The number of hydrogen-bond acceptors (Lipinski definition) is 2. The molecular formula is C12H16N2O. The maximum Gasteiger partial charge on any atom is 0.0770 e. The number of hydrogen-bond donors (Lipinski definition) is 2. The minimum atomic E-state index is -0.0615. The summed E-state index contributed by atoms with van der Waals surface area (Å²) in [5, 5.41) is 1.23. The second-order valence-electron chi connectivity index (χ2n) is 4.47. The predicted octanol–water partition coefficient (Wildman–Crippen LogP) is 2.34. The summed E-state index contributed by atoms with van der Waals surface area (Å²) in [5.41, 5.74) is 2.31. The van der Waals surface area contributed by atoms with Crippen molar-refractivity contribution >= 4 is 10.9 Å². The summed E-state index contributed by atoms with van der Waals surface area (Å²) in [6.45, 7) is 4.74. The molecule has 1 aromatic heterocycles. The monoisotopic (exact) mass is 204 g/mol. The number of H-pyrrole nitrogens is 1. The van der Waals surface area contributed by atoms with Gasteiger partial charge in [0, 0.05) is 17.1 Å². The first-order valence-electron chi connectivity index (χ1n) is 5.03. The van der Waals surface area contributed by atoms with Crippen LogP contribution in [-0.2, 0) is 10.3 Å². The smallest absolute Gasteiger partial charge is 0.0770 e. The van der Waals surface area contributed by atoms with E-state index >= 15 is 0 Å². The van der Waals surface area contributed by atoms with Crippen molar-refractivity contribution in [2.24, 2.45) is 5.90 Å². The van der Waals surface area contributed by atoms with E-state index in [1.54, 1.807) is 0 Å². The van der Waals surface area contributed by atoms with Gasteiger partial charge in [0.05, 0.1) is 6.61 Å². The highest BCUT2D eigenvalue weighted by Gasteiger charge is 2.20. The van der Waals surface area contributed by atoms with Gasteiger partial charge in [-0.15, -0.1) is 0 Å². The molecule has 3 heteroatoms. The Kier molecular flexibility index (Phi) is 2.50. The fourth-order valence-electron chi connectivity index (χ4n) is 1.76. The molecule has 1 heterocycles. The SMILES string of the molecule is CC(C)(CON)c1ccc2cc[nH]c2c1. The number of benzene rings is 1. The Morgan fingerprint density at radius 2 is 2.13 bits per heavy atom. The van der Waals surface area contributed by atoms with Crippen LogP contribution >= 0.6 is 0 Å². The van der Waals surface area contributed by atoms with E-state index in [1.165, 1.54) is 10.9 Å². The average molecular weight is 204 g/mol. The Balaban J connectivity index is 2.42. The van der Waals surface area contributed by atoms with Crippen molar-refractivity contribution in [2.75, 3.05) is 6.61 Å². The molecule has 80 valence electrons. The lowest BCUT2D eigenvalue weighted by Gasteiger charge is -2.23. The summed E-state index contributed by atoms with van der Waals surface area (Å²) >= 11 is 0. The van der Waals surface area contributed by atoms with Crippen LogP contribution in [0.15, 0.2) is 30.5 Å². The van der Waals surface area contributed by atoms with Gasteiger partial charge in [-0.05, 0) is 23.1 Å². The lowest BCUT2D eigenvalue weighted by atomic mass is 9.85. The Bertz CT molecular complexity index is 459. The van der Waals surface area contributed by atoms with Crippen molar-refractivity contribution in [3.63, 3.8) is 0 Å². The van der Waals surface area contributed by atoms with Crippen molar-refractivity contribution in [2.45, 2.75) is 19.3 Å². The van der Waals surface area contributed by atoms with Gasteiger partial charge in [0.15, 0.2) is 0 Å². The van der Waals surface area contributed by atoms with Crippen LogP contribution < -0.4 is 5.90 Å². The van der Waals surface area contributed by atoms with Crippen LogP contribution in [0.2, 0.25) is 0 Å². The zero-order valence-corrected chi connectivity index (χ0v) is 9.08. The molecule has 0 fully saturated rings. The van der Waals surface area contributed by atoms with Crippen LogP contribution in [0.3, 0.4) is 0 Å². The number of aromatic nitrogens is 1. The summed E-state index contributed by atoms with van der Waals surface area (Å²) in [6, 6.07) is 8.44. The van der Waals surface area contributed by atoms with Crippen molar-refractivity contribution in [3.05, 3.63) is 36.0 Å². The predicted molar refractivity (Wildman–Crippen MR) is 61.5 cm³/mol. The van der Waals surface area contributed by atoms with Gasteiger partial charge in [0.25, 0.3) is 0 Å². The Morgan fingerprint density at radius 1 is 1.33 bits per heavy atom. The summed E-state index contributed by atoms with van der Waals surface area (Å²) in [7, 11) is 0. The third kappa shape index (κ3) is 1.89. The molecule has 3 nitrogen and oxygen atoms in total. The molecule has 0 aliphatic rings. The van der Waals surface area contributed by atoms with Gasteiger partial charge in [-0.2, -0.15) is 0 Å². The molecule has 0 spiro atoms. The first-order chi connectivity index (χ1) is 7.13. The maximum absolute atomic E-state index is 5.14. The highest BCUT2D eigenvalue weighted by Crippen LogP contribution is 2.26. The molecule has 0 bridgehead atoms. The van der Waals surface area contributed by atoms with E-state index in [4.69, 9.17) is 10.7 Å². The molecule has 0 amide bonds. The minimum absolute atomic E-state index is 0.0615. The van der Waals surface area contributed by atoms with Gasteiger partial charge in [0.2, 0.25) is 0 Å². The molecule has 0 atom stereocenters. The molecule has 0 saturated heterocycles.